The molecule has 0 aromatic carbocycles. The van der Waals surface area contributed by atoms with Crippen LogP contribution in [0.15, 0.2) is 18.5 Å². The normalized spacial score (nSPS) is 31.5. The zero-order valence-electron chi connectivity index (χ0n) is 8.91. The zero-order chi connectivity index (χ0) is 10.9. The quantitative estimate of drug-likeness (QED) is 0.771. The van der Waals surface area contributed by atoms with E-state index in [1.54, 1.807) is 6.07 Å². The fourth-order valence-corrected chi connectivity index (χ4v) is 2.46. The van der Waals surface area contributed by atoms with Gasteiger partial charge in [-0.05, 0) is 24.8 Å². The Labute approximate surface area is 89.2 Å². The second-order valence-electron chi connectivity index (χ2n) is 4.43. The second kappa shape index (κ2) is 3.89. The molecule has 2 nitrogen and oxygen atoms in total. The molecule has 0 amide bonds. The summed E-state index contributed by atoms with van der Waals surface area (Å²) in [6.45, 7) is 1.99. The van der Waals surface area contributed by atoms with Crippen LogP contribution in [0, 0.1) is 11.7 Å². The highest BCUT2D eigenvalue weighted by Gasteiger charge is 2.39. The average molecular weight is 209 g/mol. The van der Waals surface area contributed by atoms with Crippen molar-refractivity contribution in [3.8, 4) is 0 Å². The van der Waals surface area contributed by atoms with Gasteiger partial charge in [0.15, 0.2) is 0 Å². The van der Waals surface area contributed by atoms with Crippen molar-refractivity contribution >= 4 is 0 Å². The number of halogens is 1. The third kappa shape index (κ3) is 1.76. The predicted octanol–water partition coefficient (Wildman–Crippen LogP) is 2.62. The molecular formula is C12H16FNO. The first-order valence-corrected chi connectivity index (χ1v) is 5.47. The maximum Gasteiger partial charge on any atom is 0.147 e. The van der Waals surface area contributed by atoms with Crippen molar-refractivity contribution < 1.29 is 9.50 Å². The molecule has 0 aliphatic heterocycles. The molecule has 0 bridgehead atoms. The number of hydrogen-bond acceptors (Lipinski definition) is 2. The predicted molar refractivity (Wildman–Crippen MR) is 55.7 cm³/mol. The molecule has 2 unspecified atom stereocenters. The van der Waals surface area contributed by atoms with Gasteiger partial charge in [0.05, 0.1) is 11.8 Å². The minimum absolute atomic E-state index is 0.114. The molecule has 1 saturated carbocycles. The van der Waals surface area contributed by atoms with Gasteiger partial charge in [-0.1, -0.05) is 19.8 Å². The summed E-state index contributed by atoms with van der Waals surface area (Å²) in [6.07, 6.45) is 6.40. The van der Waals surface area contributed by atoms with Crippen LogP contribution in [0.2, 0.25) is 0 Å². The molecule has 1 aliphatic rings. The summed E-state index contributed by atoms with van der Waals surface area (Å²) in [5, 5.41) is 10.5. The van der Waals surface area contributed by atoms with Crippen LogP contribution in [0.4, 0.5) is 4.39 Å². The first-order valence-electron chi connectivity index (χ1n) is 5.47. The Hall–Kier alpha value is -0.960. The third-order valence-electron chi connectivity index (χ3n) is 3.50. The van der Waals surface area contributed by atoms with Crippen LogP contribution in [0.3, 0.4) is 0 Å². The summed E-state index contributed by atoms with van der Waals surface area (Å²) in [7, 11) is 0. The van der Waals surface area contributed by atoms with Crippen molar-refractivity contribution in [3.05, 3.63) is 29.8 Å². The highest BCUT2D eigenvalue weighted by Crippen LogP contribution is 2.41. The van der Waals surface area contributed by atoms with Gasteiger partial charge in [0.2, 0.25) is 0 Å². The van der Waals surface area contributed by atoms with E-state index in [1.807, 2.05) is 6.92 Å². The number of nitrogens with zero attached hydrogens (tertiary/aromatic N) is 1. The molecule has 2 rings (SSSR count). The van der Waals surface area contributed by atoms with Crippen molar-refractivity contribution in [2.24, 2.45) is 5.92 Å². The van der Waals surface area contributed by atoms with Crippen LogP contribution in [0.5, 0.6) is 0 Å². The Kier molecular flexibility index (Phi) is 2.74. The highest BCUT2D eigenvalue weighted by molar-refractivity contribution is 5.22. The lowest BCUT2D eigenvalue weighted by Crippen LogP contribution is -2.37. The Balaban J connectivity index is 2.39. The molecule has 1 aromatic heterocycles. The zero-order valence-corrected chi connectivity index (χ0v) is 8.91. The summed E-state index contributed by atoms with van der Waals surface area (Å²) < 4.78 is 13.6. The molecule has 0 spiro atoms. The van der Waals surface area contributed by atoms with Crippen molar-refractivity contribution in [1.29, 1.82) is 0 Å². The van der Waals surface area contributed by atoms with Gasteiger partial charge in [-0.3, -0.25) is 4.98 Å². The van der Waals surface area contributed by atoms with E-state index < -0.39 is 11.4 Å². The van der Waals surface area contributed by atoms with Crippen LogP contribution in [-0.2, 0) is 5.60 Å². The lowest BCUT2D eigenvalue weighted by Gasteiger charge is -2.38. The standard InChI is InChI=1S/C12H16FNO/c1-9-4-2-3-6-12(9,15)10-5-7-14-8-11(10)13/h5,7-9,15H,2-4,6H2,1H3. The summed E-state index contributed by atoms with van der Waals surface area (Å²) in [5.74, 6) is -0.281. The molecule has 82 valence electrons. The van der Waals surface area contributed by atoms with Gasteiger partial charge < -0.3 is 5.11 Å². The smallest absolute Gasteiger partial charge is 0.147 e. The van der Waals surface area contributed by atoms with Gasteiger partial charge in [0, 0.05) is 11.8 Å². The minimum atomic E-state index is -0.995. The van der Waals surface area contributed by atoms with E-state index >= 15 is 0 Å². The van der Waals surface area contributed by atoms with E-state index in [1.165, 1.54) is 12.4 Å². The molecule has 1 fully saturated rings. The van der Waals surface area contributed by atoms with E-state index in [2.05, 4.69) is 4.98 Å². The number of aliphatic hydroxyl groups is 1. The lowest BCUT2D eigenvalue weighted by molar-refractivity contribution is -0.0497. The molecule has 1 aliphatic carbocycles. The van der Waals surface area contributed by atoms with Gasteiger partial charge in [-0.25, -0.2) is 4.39 Å². The average Bonchev–Trinajstić information content (AvgIpc) is 2.23. The topological polar surface area (TPSA) is 33.1 Å². The summed E-state index contributed by atoms with van der Waals surface area (Å²) in [5.41, 5.74) is -0.588. The van der Waals surface area contributed by atoms with Gasteiger partial charge in [0.1, 0.15) is 5.82 Å². The summed E-state index contributed by atoms with van der Waals surface area (Å²) in [6, 6.07) is 1.59. The summed E-state index contributed by atoms with van der Waals surface area (Å²) >= 11 is 0. The van der Waals surface area contributed by atoms with Crippen molar-refractivity contribution in [3.63, 3.8) is 0 Å². The number of aromatic nitrogens is 1. The van der Waals surface area contributed by atoms with Crippen LogP contribution in [-0.4, -0.2) is 10.1 Å². The van der Waals surface area contributed by atoms with Crippen molar-refractivity contribution in [2.45, 2.75) is 38.2 Å². The molecule has 0 radical (unpaired) electrons. The molecule has 0 saturated heterocycles. The fourth-order valence-electron chi connectivity index (χ4n) is 2.46. The highest BCUT2D eigenvalue weighted by atomic mass is 19.1. The van der Waals surface area contributed by atoms with Gasteiger partial charge >= 0.3 is 0 Å². The SMILES string of the molecule is CC1CCCCC1(O)c1ccncc1F. The largest absolute Gasteiger partial charge is 0.385 e. The van der Waals surface area contributed by atoms with E-state index in [9.17, 15) is 9.50 Å². The monoisotopic (exact) mass is 209 g/mol. The van der Waals surface area contributed by atoms with E-state index in [0.29, 0.717) is 12.0 Å². The molecular weight excluding hydrogens is 193 g/mol. The number of rotatable bonds is 1. The maximum atomic E-state index is 13.6. The van der Waals surface area contributed by atoms with E-state index in [4.69, 9.17) is 0 Å². The Morgan fingerprint density at radius 3 is 3.00 bits per heavy atom. The number of hydrogen-bond donors (Lipinski definition) is 1. The fraction of sp³-hybridized carbons (Fsp3) is 0.583. The molecule has 2 atom stereocenters. The second-order valence-corrected chi connectivity index (χ2v) is 4.43. The van der Waals surface area contributed by atoms with Crippen LogP contribution in [0.25, 0.3) is 0 Å². The number of pyridine rings is 1. The molecule has 1 N–H and O–H groups in total. The Morgan fingerprint density at radius 1 is 1.53 bits per heavy atom. The lowest BCUT2D eigenvalue weighted by atomic mass is 9.72. The first-order chi connectivity index (χ1) is 7.14. The van der Waals surface area contributed by atoms with E-state index in [0.717, 1.165) is 19.3 Å². The van der Waals surface area contributed by atoms with Crippen LogP contribution < -0.4 is 0 Å². The Morgan fingerprint density at radius 2 is 2.33 bits per heavy atom. The van der Waals surface area contributed by atoms with Crippen LogP contribution in [0.1, 0.15) is 38.2 Å². The van der Waals surface area contributed by atoms with Gasteiger partial charge in [-0.15, -0.1) is 0 Å². The van der Waals surface area contributed by atoms with Crippen molar-refractivity contribution in [2.75, 3.05) is 0 Å². The molecule has 1 aromatic rings. The first kappa shape index (κ1) is 10.6. The molecule has 3 heteroatoms. The summed E-state index contributed by atoms with van der Waals surface area (Å²) in [4.78, 5) is 3.71. The van der Waals surface area contributed by atoms with E-state index in [-0.39, 0.29) is 5.92 Å². The van der Waals surface area contributed by atoms with Gasteiger partial charge in [0.25, 0.3) is 0 Å². The maximum absolute atomic E-state index is 13.6. The molecule has 15 heavy (non-hydrogen) atoms. The van der Waals surface area contributed by atoms with Crippen LogP contribution >= 0.6 is 0 Å². The third-order valence-corrected chi connectivity index (χ3v) is 3.50. The Bertz CT molecular complexity index is 355. The van der Waals surface area contributed by atoms with Crippen molar-refractivity contribution in [1.82, 2.24) is 4.98 Å². The minimum Gasteiger partial charge on any atom is -0.385 e. The molecule has 1 heterocycles. The van der Waals surface area contributed by atoms with Gasteiger partial charge in [-0.2, -0.15) is 0 Å².